The molecule has 7 nitrogen and oxygen atoms in total. The fourth-order valence-corrected chi connectivity index (χ4v) is 3.89. The summed E-state index contributed by atoms with van der Waals surface area (Å²) in [6, 6.07) is 15.9. The van der Waals surface area contributed by atoms with Crippen molar-refractivity contribution < 1.29 is 19.5 Å². The number of carbonyl (C=O) groups excluding carboxylic acids is 2. The lowest BCUT2D eigenvalue weighted by atomic mass is 10.1. The molecule has 0 bridgehead atoms. The second kappa shape index (κ2) is 7.58. The summed E-state index contributed by atoms with van der Waals surface area (Å²) in [6.45, 7) is 2.83. The fraction of sp³-hybridized carbons (Fsp3) is 0.318. The van der Waals surface area contributed by atoms with Gasteiger partial charge in [-0.15, -0.1) is 0 Å². The number of carboxylic acid groups (broad SMARTS) is 1. The molecule has 2 heterocycles. The van der Waals surface area contributed by atoms with Crippen molar-refractivity contribution in [3.05, 3.63) is 71.8 Å². The van der Waals surface area contributed by atoms with Crippen molar-refractivity contribution in [2.75, 3.05) is 6.54 Å². The first-order valence-electron chi connectivity index (χ1n) is 9.65. The molecule has 0 aliphatic carbocycles. The van der Waals surface area contributed by atoms with Crippen LogP contribution in [0.15, 0.2) is 60.7 Å². The highest BCUT2D eigenvalue weighted by Crippen LogP contribution is 2.31. The van der Waals surface area contributed by atoms with Crippen LogP contribution >= 0.6 is 0 Å². The average Bonchev–Trinajstić information content (AvgIpc) is 3.39. The minimum absolute atomic E-state index is 0.0776. The molecule has 2 aromatic carbocycles. The predicted octanol–water partition coefficient (Wildman–Crippen LogP) is 2.18. The van der Waals surface area contributed by atoms with Gasteiger partial charge in [-0.1, -0.05) is 60.7 Å². The van der Waals surface area contributed by atoms with Crippen molar-refractivity contribution in [2.24, 2.45) is 0 Å². The monoisotopic (exact) mass is 393 g/mol. The van der Waals surface area contributed by atoms with Crippen LogP contribution in [0.25, 0.3) is 0 Å². The highest BCUT2D eigenvalue weighted by atomic mass is 16.4. The Hall–Kier alpha value is -3.35. The largest absolute Gasteiger partial charge is 0.480 e. The Morgan fingerprint density at radius 3 is 1.76 bits per heavy atom. The maximum Gasteiger partial charge on any atom is 0.329 e. The van der Waals surface area contributed by atoms with Crippen LogP contribution in [0.1, 0.15) is 18.1 Å². The van der Waals surface area contributed by atoms with Crippen LogP contribution in [0.5, 0.6) is 0 Å². The molecule has 0 saturated carbocycles. The number of carboxylic acids is 1. The summed E-state index contributed by atoms with van der Waals surface area (Å²) in [5, 5.41) is 9.96. The fourth-order valence-electron chi connectivity index (χ4n) is 3.89. The van der Waals surface area contributed by atoms with E-state index in [1.54, 1.807) is 4.90 Å². The van der Waals surface area contributed by atoms with E-state index in [4.69, 9.17) is 0 Å². The zero-order valence-electron chi connectivity index (χ0n) is 16.1. The van der Waals surface area contributed by atoms with Gasteiger partial charge in [-0.3, -0.25) is 4.79 Å². The van der Waals surface area contributed by atoms with Crippen LogP contribution < -0.4 is 0 Å². The average molecular weight is 393 g/mol. The molecular formula is C22H23N3O4. The maximum atomic E-state index is 13.3. The molecule has 0 aromatic heterocycles. The first kappa shape index (κ1) is 19.0. The minimum Gasteiger partial charge on any atom is -0.480 e. The lowest BCUT2D eigenvalue weighted by Crippen LogP contribution is -2.50. The molecule has 1 N–H and O–H groups in total. The van der Waals surface area contributed by atoms with Crippen LogP contribution in [0.4, 0.5) is 4.79 Å². The topological polar surface area (TPSA) is 80.9 Å². The van der Waals surface area contributed by atoms with Gasteiger partial charge in [0.25, 0.3) is 0 Å². The molecule has 2 saturated heterocycles. The number of urea groups is 1. The molecule has 2 aliphatic heterocycles. The number of benzene rings is 2. The number of hydrogen-bond donors (Lipinski definition) is 1. The molecule has 2 aliphatic rings. The number of hydrogen-bond acceptors (Lipinski definition) is 3. The lowest BCUT2D eigenvalue weighted by molar-refractivity contribution is -0.146. The normalized spacial score (nSPS) is 23.4. The van der Waals surface area contributed by atoms with Gasteiger partial charge in [0.15, 0.2) is 6.04 Å². The van der Waals surface area contributed by atoms with E-state index in [1.165, 1.54) is 9.80 Å². The summed E-state index contributed by atoms with van der Waals surface area (Å²) in [7, 11) is 0. The van der Waals surface area contributed by atoms with Crippen LogP contribution in [0, 0.1) is 0 Å². The molecular weight excluding hydrogens is 370 g/mol. The van der Waals surface area contributed by atoms with Gasteiger partial charge >= 0.3 is 12.0 Å². The second-order valence-electron chi connectivity index (χ2n) is 7.58. The molecule has 2 fully saturated rings. The van der Waals surface area contributed by atoms with E-state index in [-0.39, 0.29) is 25.0 Å². The molecule has 0 spiro atoms. The van der Waals surface area contributed by atoms with Crippen molar-refractivity contribution in [1.29, 1.82) is 0 Å². The quantitative estimate of drug-likeness (QED) is 0.763. The van der Waals surface area contributed by atoms with E-state index in [0.29, 0.717) is 6.54 Å². The van der Waals surface area contributed by atoms with Crippen molar-refractivity contribution >= 4 is 17.9 Å². The van der Waals surface area contributed by atoms with E-state index in [2.05, 4.69) is 0 Å². The number of aliphatic carboxylic acids is 1. The number of nitrogens with zero attached hydrogens (tertiary/aromatic N) is 3. The predicted molar refractivity (Wildman–Crippen MR) is 106 cm³/mol. The summed E-state index contributed by atoms with van der Waals surface area (Å²) in [5.41, 5.74) is 1.67. The zero-order valence-corrected chi connectivity index (χ0v) is 16.1. The Balaban J connectivity index is 1.69. The summed E-state index contributed by atoms with van der Waals surface area (Å²) >= 11 is 0. The van der Waals surface area contributed by atoms with Crippen molar-refractivity contribution in [3.63, 3.8) is 0 Å². The smallest absolute Gasteiger partial charge is 0.329 e. The Morgan fingerprint density at radius 1 is 0.897 bits per heavy atom. The molecule has 3 atom stereocenters. The molecule has 150 valence electrons. The molecule has 29 heavy (non-hydrogen) atoms. The Kier molecular flexibility index (Phi) is 4.96. The number of rotatable bonds is 6. The zero-order chi connectivity index (χ0) is 20.5. The van der Waals surface area contributed by atoms with E-state index in [9.17, 15) is 19.5 Å². The van der Waals surface area contributed by atoms with Gasteiger partial charge < -0.3 is 19.8 Å². The van der Waals surface area contributed by atoms with E-state index in [1.807, 2.05) is 67.6 Å². The Labute approximate surface area is 169 Å². The van der Waals surface area contributed by atoms with Crippen LogP contribution in [0.2, 0.25) is 0 Å². The first-order chi connectivity index (χ1) is 14.0. The number of amides is 3. The van der Waals surface area contributed by atoms with E-state index >= 15 is 0 Å². The lowest BCUT2D eigenvalue weighted by Gasteiger charge is -2.24. The Morgan fingerprint density at radius 2 is 1.34 bits per heavy atom. The van der Waals surface area contributed by atoms with Gasteiger partial charge in [0, 0.05) is 25.7 Å². The first-order valence-corrected chi connectivity index (χ1v) is 9.65. The highest BCUT2D eigenvalue weighted by molar-refractivity contribution is 5.99. The van der Waals surface area contributed by atoms with Crippen LogP contribution in [-0.4, -0.2) is 62.4 Å². The summed E-state index contributed by atoms with van der Waals surface area (Å²) in [5.74, 6) is -1.47. The molecule has 3 unspecified atom stereocenters. The SMILES string of the molecule is CC1CN1C(=O)C1C(C(=O)O)N(Cc2ccccc2)C(=O)N1Cc1ccccc1. The van der Waals surface area contributed by atoms with Gasteiger partial charge in [0.1, 0.15) is 6.04 Å². The van der Waals surface area contributed by atoms with E-state index < -0.39 is 24.1 Å². The van der Waals surface area contributed by atoms with E-state index in [0.717, 1.165) is 11.1 Å². The third-order valence-corrected chi connectivity index (χ3v) is 5.50. The van der Waals surface area contributed by atoms with Crippen molar-refractivity contribution in [1.82, 2.24) is 14.7 Å². The maximum absolute atomic E-state index is 13.3. The second-order valence-corrected chi connectivity index (χ2v) is 7.58. The minimum atomic E-state index is -1.23. The summed E-state index contributed by atoms with van der Waals surface area (Å²) < 4.78 is 0. The standard InChI is InChI=1S/C22H23N3O4/c1-15-12-23(15)20(26)18-19(21(27)28)25(14-17-10-6-3-7-11-17)22(29)24(18)13-16-8-4-2-5-9-16/h2-11,15,18-19H,12-14H2,1H3,(H,27,28). The summed E-state index contributed by atoms with van der Waals surface area (Å²) in [4.78, 5) is 42.9. The van der Waals surface area contributed by atoms with Gasteiger partial charge in [-0.25, -0.2) is 9.59 Å². The third-order valence-electron chi connectivity index (χ3n) is 5.50. The molecule has 2 aromatic rings. The summed E-state index contributed by atoms with van der Waals surface area (Å²) in [6.07, 6.45) is 0. The van der Waals surface area contributed by atoms with Gasteiger partial charge in [0.2, 0.25) is 5.91 Å². The van der Waals surface area contributed by atoms with Crippen LogP contribution in [0.3, 0.4) is 0 Å². The molecule has 7 heteroatoms. The van der Waals surface area contributed by atoms with Crippen molar-refractivity contribution in [3.8, 4) is 0 Å². The highest BCUT2D eigenvalue weighted by Gasteiger charge is 2.56. The molecule has 3 amide bonds. The van der Waals surface area contributed by atoms with Crippen LogP contribution in [-0.2, 0) is 22.7 Å². The molecule has 4 rings (SSSR count). The van der Waals surface area contributed by atoms with Crippen molar-refractivity contribution in [2.45, 2.75) is 38.1 Å². The third kappa shape index (κ3) is 3.68. The molecule has 0 radical (unpaired) electrons. The number of carbonyl (C=O) groups is 3. The van der Waals surface area contributed by atoms with Gasteiger partial charge in [0.05, 0.1) is 0 Å². The van der Waals surface area contributed by atoms with Gasteiger partial charge in [-0.05, 0) is 18.1 Å². The Bertz CT molecular complexity index is 918. The van der Waals surface area contributed by atoms with Gasteiger partial charge in [-0.2, -0.15) is 0 Å².